The number of aromatic nitrogens is 2. The molecule has 2 heterocycles. The van der Waals surface area contributed by atoms with Crippen LogP contribution in [0.1, 0.15) is 0 Å². The number of nitrogens with one attached hydrogen (secondary N) is 2. The highest BCUT2D eigenvalue weighted by Crippen LogP contribution is 2.24. The van der Waals surface area contributed by atoms with E-state index in [9.17, 15) is 13.2 Å². The van der Waals surface area contributed by atoms with Gasteiger partial charge in [-0.05, 0) is 17.5 Å². The van der Waals surface area contributed by atoms with Gasteiger partial charge in [0.05, 0.1) is 5.69 Å². The Kier molecular flexibility index (Phi) is 3.19. The second-order valence-corrected chi connectivity index (χ2v) is 6.03. The monoisotopic (exact) mass is 301 g/mol. The van der Waals surface area contributed by atoms with Crippen LogP contribution in [0.2, 0.25) is 0 Å². The lowest BCUT2D eigenvalue weighted by Gasteiger charge is -2.09. The summed E-state index contributed by atoms with van der Waals surface area (Å²) in [5, 5.41) is 1.52. The molecular formula is C14H11N3O3S. The van der Waals surface area contributed by atoms with Gasteiger partial charge in [0.25, 0.3) is 10.0 Å². The first-order chi connectivity index (χ1) is 10.1. The molecule has 2 N–H and O–H groups in total. The molecule has 0 saturated heterocycles. The molecule has 3 aromatic rings. The van der Waals surface area contributed by atoms with Crippen molar-refractivity contribution in [1.82, 2.24) is 9.97 Å². The third-order valence-electron chi connectivity index (χ3n) is 3.01. The van der Waals surface area contributed by atoms with Gasteiger partial charge in [-0.15, -0.1) is 0 Å². The molecular weight excluding hydrogens is 290 g/mol. The molecule has 0 amide bonds. The predicted octanol–water partition coefficient (Wildman–Crippen LogP) is 1.72. The van der Waals surface area contributed by atoms with E-state index in [1.165, 1.54) is 12.3 Å². The molecule has 0 aliphatic heterocycles. The fourth-order valence-corrected chi connectivity index (χ4v) is 3.15. The van der Waals surface area contributed by atoms with Gasteiger partial charge in [-0.25, -0.2) is 8.42 Å². The zero-order valence-corrected chi connectivity index (χ0v) is 11.6. The standard InChI is InChI=1S/C14H11N3O3S/c18-13-5-7-16-9-14(13)21(19,20)17-12-3-1-2-10-4-6-15-8-11(10)12/h1-9,17H,(H,16,18). The summed E-state index contributed by atoms with van der Waals surface area (Å²) in [5.41, 5.74) is -0.191. The summed E-state index contributed by atoms with van der Waals surface area (Å²) in [6, 6.07) is 8.15. The van der Waals surface area contributed by atoms with Crippen LogP contribution in [-0.4, -0.2) is 18.4 Å². The molecule has 0 spiro atoms. The predicted molar refractivity (Wildman–Crippen MR) is 79.6 cm³/mol. The maximum absolute atomic E-state index is 12.3. The van der Waals surface area contributed by atoms with Crippen molar-refractivity contribution in [1.29, 1.82) is 0 Å². The highest BCUT2D eigenvalue weighted by Gasteiger charge is 2.18. The first-order valence-corrected chi connectivity index (χ1v) is 7.59. The number of anilines is 1. The van der Waals surface area contributed by atoms with E-state index in [0.29, 0.717) is 11.1 Å². The normalized spacial score (nSPS) is 11.4. The quantitative estimate of drug-likeness (QED) is 0.770. The number of sulfonamides is 1. The molecule has 21 heavy (non-hydrogen) atoms. The Balaban J connectivity index is 2.10. The molecule has 0 radical (unpaired) electrons. The van der Waals surface area contributed by atoms with E-state index in [0.717, 1.165) is 11.6 Å². The number of hydrogen-bond acceptors (Lipinski definition) is 4. The molecule has 7 heteroatoms. The van der Waals surface area contributed by atoms with Crippen LogP contribution in [0.25, 0.3) is 10.8 Å². The number of pyridine rings is 2. The zero-order valence-electron chi connectivity index (χ0n) is 10.8. The van der Waals surface area contributed by atoms with Crippen LogP contribution in [0.15, 0.2) is 64.8 Å². The van der Waals surface area contributed by atoms with Gasteiger partial charge in [0.2, 0.25) is 5.43 Å². The van der Waals surface area contributed by atoms with Crippen molar-refractivity contribution in [2.24, 2.45) is 0 Å². The van der Waals surface area contributed by atoms with Gasteiger partial charge in [-0.1, -0.05) is 12.1 Å². The number of hydrogen-bond donors (Lipinski definition) is 2. The Bertz CT molecular complexity index is 959. The summed E-state index contributed by atoms with van der Waals surface area (Å²) in [5.74, 6) is 0. The van der Waals surface area contributed by atoms with Crippen molar-refractivity contribution in [2.45, 2.75) is 4.90 Å². The van der Waals surface area contributed by atoms with Crippen LogP contribution in [0.4, 0.5) is 5.69 Å². The number of aromatic amines is 1. The topological polar surface area (TPSA) is 91.9 Å². The van der Waals surface area contributed by atoms with Gasteiger partial charge in [0.1, 0.15) is 0 Å². The lowest BCUT2D eigenvalue weighted by molar-refractivity contribution is 0.600. The van der Waals surface area contributed by atoms with Gasteiger partial charge >= 0.3 is 0 Å². The molecule has 3 rings (SSSR count). The van der Waals surface area contributed by atoms with Crippen LogP contribution >= 0.6 is 0 Å². The highest BCUT2D eigenvalue weighted by atomic mass is 32.2. The van der Waals surface area contributed by atoms with Crippen LogP contribution in [0, 0.1) is 0 Å². The molecule has 0 atom stereocenters. The van der Waals surface area contributed by atoms with Crippen LogP contribution in [0.5, 0.6) is 0 Å². The van der Waals surface area contributed by atoms with Gasteiger partial charge in [0.15, 0.2) is 4.90 Å². The van der Waals surface area contributed by atoms with Gasteiger partial charge in [-0.3, -0.25) is 14.5 Å². The Labute approximate surface area is 120 Å². The third kappa shape index (κ3) is 2.50. The second-order valence-electron chi connectivity index (χ2n) is 4.38. The van der Waals surface area contributed by atoms with E-state index in [1.54, 1.807) is 30.6 Å². The van der Waals surface area contributed by atoms with E-state index >= 15 is 0 Å². The SMILES string of the molecule is O=c1cc[nH]cc1S(=O)(=O)Nc1cccc2ccncc12. The average Bonchev–Trinajstić information content (AvgIpc) is 2.47. The summed E-state index contributed by atoms with van der Waals surface area (Å²) in [4.78, 5) is 17.9. The maximum Gasteiger partial charge on any atom is 0.267 e. The molecule has 0 bridgehead atoms. The fourth-order valence-electron chi connectivity index (χ4n) is 2.01. The summed E-state index contributed by atoms with van der Waals surface area (Å²) in [7, 11) is -3.96. The van der Waals surface area contributed by atoms with Gasteiger partial charge < -0.3 is 4.98 Å². The van der Waals surface area contributed by atoms with Crippen LogP contribution in [0.3, 0.4) is 0 Å². The third-order valence-corrected chi connectivity index (χ3v) is 4.39. The van der Waals surface area contributed by atoms with Crippen molar-refractivity contribution in [3.8, 4) is 0 Å². The average molecular weight is 301 g/mol. The van der Waals surface area contributed by atoms with Crippen molar-refractivity contribution in [3.63, 3.8) is 0 Å². The summed E-state index contributed by atoms with van der Waals surface area (Å²) in [6.45, 7) is 0. The minimum Gasteiger partial charge on any atom is -0.366 e. The number of rotatable bonds is 3. The lowest BCUT2D eigenvalue weighted by atomic mass is 10.1. The van der Waals surface area contributed by atoms with Gasteiger partial charge in [0, 0.05) is 36.2 Å². The molecule has 106 valence electrons. The largest absolute Gasteiger partial charge is 0.366 e. The van der Waals surface area contributed by atoms with Crippen molar-refractivity contribution in [3.05, 3.63) is 65.3 Å². The minimum absolute atomic E-state index is 0.328. The van der Waals surface area contributed by atoms with E-state index in [2.05, 4.69) is 14.7 Å². The maximum atomic E-state index is 12.3. The van der Waals surface area contributed by atoms with E-state index in [1.807, 2.05) is 6.07 Å². The van der Waals surface area contributed by atoms with Crippen molar-refractivity contribution < 1.29 is 8.42 Å². The molecule has 2 aromatic heterocycles. The summed E-state index contributed by atoms with van der Waals surface area (Å²) >= 11 is 0. The molecule has 0 aliphatic rings. The molecule has 6 nitrogen and oxygen atoms in total. The van der Waals surface area contributed by atoms with E-state index in [-0.39, 0.29) is 4.90 Å². The summed E-state index contributed by atoms with van der Waals surface area (Å²) in [6.07, 6.45) is 5.74. The Morgan fingerprint density at radius 1 is 1.14 bits per heavy atom. The molecule has 0 aliphatic carbocycles. The number of fused-ring (bicyclic) bond motifs is 1. The first-order valence-electron chi connectivity index (χ1n) is 6.10. The van der Waals surface area contributed by atoms with E-state index in [4.69, 9.17) is 0 Å². The molecule has 1 aromatic carbocycles. The number of nitrogens with zero attached hydrogens (tertiary/aromatic N) is 1. The zero-order chi connectivity index (χ0) is 14.9. The molecule has 0 unspecified atom stereocenters. The van der Waals surface area contributed by atoms with Crippen molar-refractivity contribution >= 4 is 26.5 Å². The first kappa shape index (κ1) is 13.3. The van der Waals surface area contributed by atoms with Crippen LogP contribution in [-0.2, 0) is 10.0 Å². The smallest absolute Gasteiger partial charge is 0.267 e. The van der Waals surface area contributed by atoms with Gasteiger partial charge in [-0.2, -0.15) is 0 Å². The number of benzene rings is 1. The van der Waals surface area contributed by atoms with E-state index < -0.39 is 15.5 Å². The summed E-state index contributed by atoms with van der Waals surface area (Å²) < 4.78 is 27.1. The highest BCUT2D eigenvalue weighted by molar-refractivity contribution is 7.92. The van der Waals surface area contributed by atoms with Crippen molar-refractivity contribution in [2.75, 3.05) is 4.72 Å². The Morgan fingerprint density at radius 2 is 2.00 bits per heavy atom. The Morgan fingerprint density at radius 3 is 2.81 bits per heavy atom. The number of H-pyrrole nitrogens is 1. The fraction of sp³-hybridized carbons (Fsp3) is 0. The minimum atomic E-state index is -3.96. The van der Waals surface area contributed by atoms with Crippen LogP contribution < -0.4 is 10.2 Å². The second kappa shape index (κ2) is 5.02. The molecule has 0 fully saturated rings. The Hall–Kier alpha value is -2.67. The molecule has 0 saturated carbocycles. The lowest BCUT2D eigenvalue weighted by Crippen LogP contribution is -2.21.